The molecule has 1 aliphatic heterocycles. The second-order valence-electron chi connectivity index (χ2n) is 8.55. The molecule has 1 aliphatic rings. The molecule has 172 valence electrons. The van der Waals surface area contributed by atoms with Crippen molar-refractivity contribution >= 4 is 16.9 Å². The zero-order chi connectivity index (χ0) is 22.8. The highest BCUT2D eigenvalue weighted by molar-refractivity contribution is 5.90. The Balaban J connectivity index is 1.21. The van der Waals surface area contributed by atoms with Crippen molar-refractivity contribution < 1.29 is 18.2 Å². The molecule has 1 atom stereocenters. The van der Waals surface area contributed by atoms with E-state index in [-0.39, 0.29) is 18.3 Å². The van der Waals surface area contributed by atoms with Crippen LogP contribution in [0, 0.1) is 6.92 Å². The van der Waals surface area contributed by atoms with Crippen LogP contribution in [0.2, 0.25) is 0 Å². The van der Waals surface area contributed by atoms with Crippen LogP contribution in [0.5, 0.6) is 0 Å². The topological polar surface area (TPSA) is 97.5 Å². The highest BCUT2D eigenvalue weighted by Crippen LogP contribution is 2.31. The maximum absolute atomic E-state index is 12.5. The SMILES string of the molecule is CC[C@H]1CCCCN1Cc1ccc(CNC(=O)c2nc(-c3oc4ccccc4c3C)no2)o1. The lowest BCUT2D eigenvalue weighted by atomic mass is 10.00. The van der Waals surface area contributed by atoms with Gasteiger partial charge in [-0.2, -0.15) is 4.98 Å². The average Bonchev–Trinajstić information content (AvgIpc) is 3.57. The van der Waals surface area contributed by atoms with Gasteiger partial charge < -0.3 is 18.7 Å². The van der Waals surface area contributed by atoms with Crippen LogP contribution in [0.4, 0.5) is 0 Å². The van der Waals surface area contributed by atoms with Gasteiger partial charge in [-0.05, 0) is 50.9 Å². The van der Waals surface area contributed by atoms with Crippen molar-refractivity contribution in [3.05, 3.63) is 59.4 Å². The summed E-state index contributed by atoms with van der Waals surface area (Å²) in [4.78, 5) is 19.3. The van der Waals surface area contributed by atoms with Gasteiger partial charge in [-0.15, -0.1) is 0 Å². The van der Waals surface area contributed by atoms with Gasteiger partial charge in [-0.1, -0.05) is 36.7 Å². The second kappa shape index (κ2) is 9.23. The second-order valence-corrected chi connectivity index (χ2v) is 8.55. The van der Waals surface area contributed by atoms with Crippen LogP contribution >= 0.6 is 0 Å². The predicted molar refractivity (Wildman–Crippen MR) is 122 cm³/mol. The fourth-order valence-corrected chi connectivity index (χ4v) is 4.57. The zero-order valence-electron chi connectivity index (χ0n) is 19.0. The molecule has 0 spiro atoms. The molecule has 0 aliphatic carbocycles. The normalized spacial score (nSPS) is 17.0. The van der Waals surface area contributed by atoms with Crippen molar-refractivity contribution in [2.45, 2.75) is 58.7 Å². The fourth-order valence-electron chi connectivity index (χ4n) is 4.57. The molecular weight excluding hydrogens is 420 g/mol. The van der Waals surface area contributed by atoms with E-state index < -0.39 is 5.91 Å². The quantitative estimate of drug-likeness (QED) is 0.421. The van der Waals surface area contributed by atoms with E-state index in [1.165, 1.54) is 19.3 Å². The molecule has 4 aromatic rings. The van der Waals surface area contributed by atoms with E-state index in [1.54, 1.807) is 0 Å². The number of aromatic nitrogens is 2. The van der Waals surface area contributed by atoms with Gasteiger partial charge in [-0.3, -0.25) is 9.69 Å². The lowest BCUT2D eigenvalue weighted by molar-refractivity contribution is 0.0903. The molecule has 1 N–H and O–H groups in total. The largest absolute Gasteiger partial charge is 0.463 e. The third kappa shape index (κ3) is 4.43. The van der Waals surface area contributed by atoms with Gasteiger partial charge in [0.25, 0.3) is 0 Å². The summed E-state index contributed by atoms with van der Waals surface area (Å²) >= 11 is 0. The minimum absolute atomic E-state index is 0.115. The smallest absolute Gasteiger partial charge is 0.316 e. The molecule has 1 amide bonds. The van der Waals surface area contributed by atoms with Gasteiger partial charge >= 0.3 is 11.8 Å². The van der Waals surface area contributed by atoms with Gasteiger partial charge in [0.05, 0.1) is 13.1 Å². The number of benzene rings is 1. The number of carbonyl (C=O) groups is 1. The third-order valence-corrected chi connectivity index (χ3v) is 6.39. The molecule has 5 rings (SSSR count). The monoisotopic (exact) mass is 448 g/mol. The molecule has 0 bridgehead atoms. The first-order valence-corrected chi connectivity index (χ1v) is 11.5. The first kappa shape index (κ1) is 21.5. The number of piperidine rings is 1. The Kier molecular flexibility index (Phi) is 6.00. The molecule has 8 heteroatoms. The Hall–Kier alpha value is -3.39. The van der Waals surface area contributed by atoms with Crippen LogP contribution in [0.15, 0.2) is 49.8 Å². The molecule has 1 saturated heterocycles. The number of para-hydroxylation sites is 1. The summed E-state index contributed by atoms with van der Waals surface area (Å²) in [6, 6.07) is 12.2. The number of fused-ring (bicyclic) bond motifs is 1. The Morgan fingerprint density at radius 1 is 1.15 bits per heavy atom. The maximum Gasteiger partial charge on any atom is 0.316 e. The van der Waals surface area contributed by atoms with Crippen LogP contribution in [-0.4, -0.2) is 33.5 Å². The number of hydrogen-bond acceptors (Lipinski definition) is 7. The zero-order valence-corrected chi connectivity index (χ0v) is 19.0. The molecule has 0 radical (unpaired) electrons. The van der Waals surface area contributed by atoms with Crippen LogP contribution in [0.1, 0.15) is 60.4 Å². The summed E-state index contributed by atoms with van der Waals surface area (Å²) in [5.74, 6) is 1.79. The molecule has 0 saturated carbocycles. The molecule has 0 unspecified atom stereocenters. The van der Waals surface area contributed by atoms with E-state index in [0.29, 0.717) is 17.6 Å². The minimum Gasteiger partial charge on any atom is -0.463 e. The summed E-state index contributed by atoms with van der Waals surface area (Å²) in [5, 5.41) is 7.70. The first-order chi connectivity index (χ1) is 16.1. The summed E-state index contributed by atoms with van der Waals surface area (Å²) < 4.78 is 17.0. The highest BCUT2D eigenvalue weighted by Gasteiger charge is 2.23. The van der Waals surface area contributed by atoms with Crippen LogP contribution < -0.4 is 5.32 Å². The molecule has 8 nitrogen and oxygen atoms in total. The number of likely N-dealkylation sites (tertiary alicyclic amines) is 1. The summed E-state index contributed by atoms with van der Waals surface area (Å²) in [6.07, 6.45) is 4.95. The molecule has 33 heavy (non-hydrogen) atoms. The van der Waals surface area contributed by atoms with E-state index >= 15 is 0 Å². The van der Waals surface area contributed by atoms with Crippen LogP contribution in [-0.2, 0) is 13.1 Å². The number of hydrogen-bond donors (Lipinski definition) is 1. The average molecular weight is 449 g/mol. The number of aryl methyl sites for hydroxylation is 1. The number of rotatable bonds is 7. The first-order valence-electron chi connectivity index (χ1n) is 11.5. The van der Waals surface area contributed by atoms with Gasteiger partial charge in [0, 0.05) is 17.0 Å². The Morgan fingerprint density at radius 3 is 2.85 bits per heavy atom. The van der Waals surface area contributed by atoms with E-state index in [4.69, 9.17) is 13.4 Å². The Labute approximate surface area is 191 Å². The van der Waals surface area contributed by atoms with Gasteiger partial charge in [-0.25, -0.2) is 0 Å². The van der Waals surface area contributed by atoms with Crippen molar-refractivity contribution in [3.8, 4) is 11.6 Å². The summed E-state index contributed by atoms with van der Waals surface area (Å²) in [5.41, 5.74) is 1.64. The van der Waals surface area contributed by atoms with Crippen LogP contribution in [0.3, 0.4) is 0 Å². The van der Waals surface area contributed by atoms with E-state index in [2.05, 4.69) is 27.3 Å². The predicted octanol–water partition coefficient (Wildman–Crippen LogP) is 5.08. The molecular formula is C25H28N4O4. The van der Waals surface area contributed by atoms with E-state index in [1.807, 2.05) is 43.3 Å². The minimum atomic E-state index is -0.456. The highest BCUT2D eigenvalue weighted by atomic mass is 16.5. The van der Waals surface area contributed by atoms with Gasteiger partial charge in [0.15, 0.2) is 5.76 Å². The number of furan rings is 2. The maximum atomic E-state index is 12.5. The lowest BCUT2D eigenvalue weighted by Crippen LogP contribution is -2.38. The molecule has 4 heterocycles. The molecule has 1 fully saturated rings. The van der Waals surface area contributed by atoms with Gasteiger partial charge in [0.1, 0.15) is 17.1 Å². The van der Waals surface area contributed by atoms with Crippen molar-refractivity contribution in [1.82, 2.24) is 20.4 Å². The Bertz CT molecular complexity index is 1250. The van der Waals surface area contributed by atoms with E-state index in [0.717, 1.165) is 41.8 Å². The summed E-state index contributed by atoms with van der Waals surface area (Å²) in [7, 11) is 0. The van der Waals surface area contributed by atoms with Crippen molar-refractivity contribution in [2.24, 2.45) is 0 Å². The number of amides is 1. The standard InChI is InChI=1S/C25H28N4O4/c1-3-17-8-6-7-13-29(17)15-19-12-11-18(31-19)14-26-24(30)25-27-23(28-33-25)22-16(2)20-9-4-5-10-21(20)32-22/h4-5,9-12,17H,3,6-8,13-15H2,1-2H3,(H,26,30)/t17-/m0/s1. The summed E-state index contributed by atoms with van der Waals surface area (Å²) in [6.45, 7) is 6.33. The lowest BCUT2D eigenvalue weighted by Gasteiger charge is -2.34. The Morgan fingerprint density at radius 2 is 2.00 bits per heavy atom. The third-order valence-electron chi connectivity index (χ3n) is 6.39. The van der Waals surface area contributed by atoms with Crippen LogP contribution in [0.25, 0.3) is 22.6 Å². The number of carbonyl (C=O) groups excluding carboxylic acids is 1. The number of nitrogens with zero attached hydrogens (tertiary/aromatic N) is 3. The van der Waals surface area contributed by atoms with Crippen molar-refractivity contribution in [1.29, 1.82) is 0 Å². The fraction of sp³-hybridized carbons (Fsp3) is 0.400. The number of nitrogens with one attached hydrogen (secondary N) is 1. The van der Waals surface area contributed by atoms with Crippen molar-refractivity contribution in [2.75, 3.05) is 6.54 Å². The molecule has 3 aromatic heterocycles. The molecule has 1 aromatic carbocycles. The van der Waals surface area contributed by atoms with Gasteiger partial charge in [0.2, 0.25) is 5.82 Å². The van der Waals surface area contributed by atoms with Crippen molar-refractivity contribution in [3.63, 3.8) is 0 Å². The van der Waals surface area contributed by atoms with E-state index in [9.17, 15) is 4.79 Å².